The van der Waals surface area contributed by atoms with E-state index in [1.165, 1.54) is 5.39 Å². The highest BCUT2D eigenvalue weighted by Gasteiger charge is 2.08. The van der Waals surface area contributed by atoms with Crippen LogP contribution in [0, 0.1) is 4.77 Å². The van der Waals surface area contributed by atoms with Crippen molar-refractivity contribution < 1.29 is 4.74 Å². The summed E-state index contributed by atoms with van der Waals surface area (Å²) in [6.07, 6.45) is 1.81. The van der Waals surface area contributed by atoms with Crippen molar-refractivity contribution in [2.24, 2.45) is 5.10 Å². The smallest absolute Gasteiger partial charge is 0.216 e. The Labute approximate surface area is 155 Å². The van der Waals surface area contributed by atoms with Crippen molar-refractivity contribution in [3.05, 3.63) is 77.1 Å². The van der Waals surface area contributed by atoms with Gasteiger partial charge in [-0.15, -0.1) is 0 Å². The fraction of sp³-hybridized carbons (Fsp3) is 0.0500. The molecule has 0 fully saturated rings. The summed E-state index contributed by atoms with van der Waals surface area (Å²) in [7, 11) is 1.64. The van der Waals surface area contributed by atoms with E-state index < -0.39 is 0 Å². The number of rotatable bonds is 4. The molecule has 0 atom stereocenters. The fourth-order valence-corrected chi connectivity index (χ4v) is 2.99. The SMILES string of the molecule is COc1ccc(-c2n[nH]c(=S)n2/N=C\c2cccc3ccccc23)cc1. The van der Waals surface area contributed by atoms with Gasteiger partial charge in [-0.25, -0.2) is 5.10 Å². The Balaban J connectivity index is 1.75. The maximum absolute atomic E-state index is 5.34. The van der Waals surface area contributed by atoms with Gasteiger partial charge in [-0.2, -0.15) is 14.9 Å². The molecule has 3 aromatic carbocycles. The van der Waals surface area contributed by atoms with Crippen LogP contribution in [0.3, 0.4) is 0 Å². The second-order valence-corrected chi connectivity index (χ2v) is 6.09. The molecule has 128 valence electrons. The molecule has 1 heterocycles. The minimum Gasteiger partial charge on any atom is -0.497 e. The summed E-state index contributed by atoms with van der Waals surface area (Å²) < 4.78 is 7.26. The average Bonchev–Trinajstić information content (AvgIpc) is 3.07. The zero-order valence-electron chi connectivity index (χ0n) is 14.1. The second kappa shape index (κ2) is 6.93. The van der Waals surface area contributed by atoms with Crippen LogP contribution in [0.15, 0.2) is 71.8 Å². The van der Waals surface area contributed by atoms with Gasteiger partial charge in [0.2, 0.25) is 4.77 Å². The van der Waals surface area contributed by atoms with Crippen molar-refractivity contribution in [2.75, 3.05) is 7.11 Å². The molecule has 4 rings (SSSR count). The summed E-state index contributed by atoms with van der Waals surface area (Å²) >= 11 is 5.34. The molecule has 0 amide bonds. The largest absolute Gasteiger partial charge is 0.497 e. The van der Waals surface area contributed by atoms with Gasteiger partial charge in [-0.3, -0.25) is 0 Å². The van der Waals surface area contributed by atoms with Crippen LogP contribution in [0.5, 0.6) is 5.75 Å². The quantitative estimate of drug-likeness (QED) is 0.426. The number of hydrogen-bond donors (Lipinski definition) is 1. The third-order valence-electron chi connectivity index (χ3n) is 4.13. The van der Waals surface area contributed by atoms with Crippen LogP contribution in [0.2, 0.25) is 0 Å². The van der Waals surface area contributed by atoms with Crippen molar-refractivity contribution >= 4 is 29.2 Å². The Morgan fingerprint density at radius 3 is 2.62 bits per heavy atom. The highest BCUT2D eigenvalue weighted by atomic mass is 32.1. The molecule has 4 aromatic rings. The summed E-state index contributed by atoms with van der Waals surface area (Å²) in [6.45, 7) is 0. The first-order chi connectivity index (χ1) is 12.8. The number of nitrogens with one attached hydrogen (secondary N) is 1. The van der Waals surface area contributed by atoms with E-state index in [1.807, 2.05) is 48.5 Å². The number of methoxy groups -OCH3 is 1. The molecule has 6 heteroatoms. The van der Waals surface area contributed by atoms with Gasteiger partial charge >= 0.3 is 0 Å². The first-order valence-corrected chi connectivity index (χ1v) is 8.51. The lowest BCUT2D eigenvalue weighted by Gasteiger charge is -2.04. The van der Waals surface area contributed by atoms with Crippen LogP contribution in [-0.4, -0.2) is 28.2 Å². The number of aromatic amines is 1. The van der Waals surface area contributed by atoms with Gasteiger partial charge in [0.15, 0.2) is 5.82 Å². The third-order valence-corrected chi connectivity index (χ3v) is 4.40. The maximum Gasteiger partial charge on any atom is 0.216 e. The van der Waals surface area contributed by atoms with E-state index in [1.54, 1.807) is 18.0 Å². The summed E-state index contributed by atoms with van der Waals surface area (Å²) in [6, 6.07) is 21.9. The number of nitrogens with zero attached hydrogens (tertiary/aromatic N) is 3. The number of ether oxygens (including phenoxy) is 1. The van der Waals surface area contributed by atoms with Gasteiger partial charge in [0.25, 0.3) is 0 Å². The summed E-state index contributed by atoms with van der Waals surface area (Å²) in [5.41, 5.74) is 1.92. The van der Waals surface area contributed by atoms with E-state index in [4.69, 9.17) is 17.0 Å². The third kappa shape index (κ3) is 3.02. The van der Waals surface area contributed by atoms with Gasteiger partial charge < -0.3 is 4.74 Å². The highest BCUT2D eigenvalue weighted by molar-refractivity contribution is 7.71. The van der Waals surface area contributed by atoms with E-state index in [2.05, 4.69) is 33.5 Å². The Bertz CT molecular complexity index is 1140. The molecule has 0 aliphatic heterocycles. The molecule has 1 aromatic heterocycles. The molecule has 0 spiro atoms. The predicted octanol–water partition coefficient (Wildman–Crippen LogP) is 4.65. The lowest BCUT2D eigenvalue weighted by atomic mass is 10.1. The second-order valence-electron chi connectivity index (χ2n) is 5.71. The Morgan fingerprint density at radius 1 is 1.04 bits per heavy atom. The number of hydrogen-bond acceptors (Lipinski definition) is 4. The summed E-state index contributed by atoms with van der Waals surface area (Å²) in [5, 5.41) is 14.0. The van der Waals surface area contributed by atoms with Crippen LogP contribution >= 0.6 is 12.2 Å². The van der Waals surface area contributed by atoms with Crippen LogP contribution in [0.1, 0.15) is 5.56 Å². The molecule has 0 aliphatic rings. The van der Waals surface area contributed by atoms with Gasteiger partial charge in [0, 0.05) is 11.1 Å². The molecule has 1 N–H and O–H groups in total. The molecular formula is C20H16N4OS. The highest BCUT2D eigenvalue weighted by Crippen LogP contribution is 2.21. The zero-order valence-corrected chi connectivity index (χ0v) is 14.9. The van der Waals surface area contributed by atoms with E-state index >= 15 is 0 Å². The van der Waals surface area contributed by atoms with Crippen LogP contribution < -0.4 is 4.74 Å². The lowest BCUT2D eigenvalue weighted by Crippen LogP contribution is -1.95. The predicted molar refractivity (Wildman–Crippen MR) is 106 cm³/mol. The normalized spacial score (nSPS) is 11.3. The van der Waals surface area contributed by atoms with Crippen molar-refractivity contribution in [3.63, 3.8) is 0 Å². The topological polar surface area (TPSA) is 55.2 Å². The molecule has 5 nitrogen and oxygen atoms in total. The van der Waals surface area contributed by atoms with Gasteiger partial charge in [-0.05, 0) is 47.3 Å². The van der Waals surface area contributed by atoms with Crippen LogP contribution in [-0.2, 0) is 0 Å². The average molecular weight is 360 g/mol. The van der Waals surface area contributed by atoms with E-state index in [-0.39, 0.29) is 0 Å². The lowest BCUT2D eigenvalue weighted by molar-refractivity contribution is 0.415. The molecular weight excluding hydrogens is 344 g/mol. The summed E-state index contributed by atoms with van der Waals surface area (Å²) in [5.74, 6) is 1.43. The first-order valence-electron chi connectivity index (χ1n) is 8.10. The van der Waals surface area contributed by atoms with Gasteiger partial charge in [0.05, 0.1) is 13.3 Å². The Kier molecular flexibility index (Phi) is 4.33. The summed E-state index contributed by atoms with van der Waals surface area (Å²) in [4.78, 5) is 0. The minimum absolute atomic E-state index is 0.437. The minimum atomic E-state index is 0.437. The molecule has 0 bridgehead atoms. The van der Waals surface area contributed by atoms with Crippen molar-refractivity contribution in [1.29, 1.82) is 0 Å². The van der Waals surface area contributed by atoms with E-state index in [9.17, 15) is 0 Å². The van der Waals surface area contributed by atoms with E-state index in [0.29, 0.717) is 10.6 Å². The number of aromatic nitrogens is 3. The monoisotopic (exact) mass is 360 g/mol. The molecule has 26 heavy (non-hydrogen) atoms. The van der Waals surface area contributed by atoms with Crippen molar-refractivity contribution in [2.45, 2.75) is 0 Å². The maximum atomic E-state index is 5.34. The standard InChI is InChI=1S/C20H16N4OS/c1-25-17-11-9-15(10-12-17)19-22-23-20(26)24(19)21-13-16-7-4-6-14-5-2-3-8-18(14)16/h2-13H,1H3,(H,23,26)/b21-13-. The zero-order chi connectivity index (χ0) is 17.9. The molecule has 0 unspecified atom stereocenters. The van der Waals surface area contributed by atoms with Gasteiger partial charge in [0.1, 0.15) is 5.75 Å². The molecule has 0 saturated carbocycles. The first kappa shape index (κ1) is 16.2. The molecule has 0 radical (unpaired) electrons. The van der Waals surface area contributed by atoms with Crippen LogP contribution in [0.4, 0.5) is 0 Å². The van der Waals surface area contributed by atoms with Crippen molar-refractivity contribution in [3.8, 4) is 17.1 Å². The number of benzene rings is 3. The molecule has 0 aliphatic carbocycles. The Hall–Kier alpha value is -3.25. The number of fused-ring (bicyclic) bond motifs is 1. The van der Waals surface area contributed by atoms with Crippen LogP contribution in [0.25, 0.3) is 22.2 Å². The fourth-order valence-electron chi connectivity index (χ4n) is 2.81. The number of H-pyrrole nitrogens is 1. The van der Waals surface area contributed by atoms with E-state index in [0.717, 1.165) is 22.3 Å². The molecule has 0 saturated heterocycles. The Morgan fingerprint density at radius 2 is 1.81 bits per heavy atom. The van der Waals surface area contributed by atoms with Gasteiger partial charge in [-0.1, -0.05) is 42.5 Å². The van der Waals surface area contributed by atoms with Crippen molar-refractivity contribution in [1.82, 2.24) is 14.9 Å².